The first-order chi connectivity index (χ1) is 13.4. The van der Waals surface area contributed by atoms with Crippen LogP contribution in [0.15, 0.2) is 30.3 Å². The predicted octanol–water partition coefficient (Wildman–Crippen LogP) is 2.41. The van der Waals surface area contributed by atoms with Crippen LogP contribution in [0.2, 0.25) is 0 Å². The molecule has 2 saturated heterocycles. The first kappa shape index (κ1) is 20.6. The van der Waals surface area contributed by atoms with Gasteiger partial charge in [0.15, 0.2) is 0 Å². The molecule has 0 spiro atoms. The Morgan fingerprint density at radius 2 is 1.57 bits per heavy atom. The van der Waals surface area contributed by atoms with Crippen molar-refractivity contribution in [1.82, 2.24) is 20.0 Å². The second-order valence-corrected chi connectivity index (χ2v) is 8.46. The van der Waals surface area contributed by atoms with Crippen LogP contribution in [-0.2, 0) is 11.3 Å². The fraction of sp³-hybridized carbons (Fsp3) is 0.636. The first-order valence-electron chi connectivity index (χ1n) is 10.5. The van der Waals surface area contributed by atoms with Gasteiger partial charge in [0.1, 0.15) is 0 Å². The molecule has 28 heavy (non-hydrogen) atoms. The third kappa shape index (κ3) is 5.25. The largest absolute Gasteiger partial charge is 0.341 e. The van der Waals surface area contributed by atoms with E-state index in [0.717, 1.165) is 32.6 Å². The Morgan fingerprint density at radius 3 is 2.21 bits per heavy atom. The normalized spacial score (nSPS) is 26.6. The molecule has 2 aliphatic rings. The number of hydrogen-bond donors (Lipinski definition) is 1. The number of carbonyl (C=O) groups is 2. The molecule has 0 saturated carbocycles. The van der Waals surface area contributed by atoms with Gasteiger partial charge in [0.2, 0.25) is 5.91 Å². The molecule has 154 valence electrons. The molecule has 2 fully saturated rings. The molecule has 1 N–H and O–H groups in total. The number of benzene rings is 1. The van der Waals surface area contributed by atoms with Gasteiger partial charge in [0.25, 0.3) is 0 Å². The van der Waals surface area contributed by atoms with Crippen LogP contribution in [0.25, 0.3) is 0 Å². The number of piperidine rings is 1. The van der Waals surface area contributed by atoms with Crippen molar-refractivity contribution in [2.24, 2.45) is 11.8 Å². The first-order valence-corrected chi connectivity index (χ1v) is 10.5. The fourth-order valence-corrected chi connectivity index (χ4v) is 4.60. The summed E-state index contributed by atoms with van der Waals surface area (Å²) in [6.45, 7) is 11.7. The molecule has 1 aromatic rings. The van der Waals surface area contributed by atoms with E-state index in [4.69, 9.17) is 0 Å². The molecule has 1 aromatic carbocycles. The van der Waals surface area contributed by atoms with Crippen molar-refractivity contribution in [2.75, 3.05) is 39.3 Å². The number of likely N-dealkylation sites (tertiary alicyclic amines) is 1. The van der Waals surface area contributed by atoms with Gasteiger partial charge >= 0.3 is 6.03 Å². The third-order valence-corrected chi connectivity index (χ3v) is 6.09. The summed E-state index contributed by atoms with van der Waals surface area (Å²) in [6, 6.07) is 10.8. The molecule has 2 heterocycles. The van der Waals surface area contributed by atoms with Crippen molar-refractivity contribution in [1.29, 1.82) is 0 Å². The third-order valence-electron chi connectivity index (χ3n) is 6.09. The Labute approximate surface area is 168 Å². The number of amides is 3. The van der Waals surface area contributed by atoms with Crippen LogP contribution in [0.3, 0.4) is 0 Å². The lowest BCUT2D eigenvalue weighted by molar-refractivity contribution is -0.128. The van der Waals surface area contributed by atoms with E-state index in [9.17, 15) is 9.59 Å². The van der Waals surface area contributed by atoms with Gasteiger partial charge < -0.3 is 15.1 Å². The van der Waals surface area contributed by atoms with E-state index < -0.39 is 0 Å². The van der Waals surface area contributed by atoms with Crippen LogP contribution in [0, 0.1) is 11.8 Å². The summed E-state index contributed by atoms with van der Waals surface area (Å²) in [5.74, 6) is 0.893. The van der Waals surface area contributed by atoms with Crippen molar-refractivity contribution in [2.45, 2.75) is 39.8 Å². The summed E-state index contributed by atoms with van der Waals surface area (Å²) in [5, 5.41) is 3.30. The summed E-state index contributed by atoms with van der Waals surface area (Å²) in [4.78, 5) is 30.6. The van der Waals surface area contributed by atoms with E-state index in [1.807, 2.05) is 9.80 Å². The molecule has 3 rings (SSSR count). The van der Waals surface area contributed by atoms with Crippen LogP contribution >= 0.6 is 0 Å². The van der Waals surface area contributed by atoms with Crippen LogP contribution in [0.5, 0.6) is 0 Å². The number of urea groups is 1. The van der Waals surface area contributed by atoms with Crippen LogP contribution in [0.1, 0.15) is 32.8 Å². The van der Waals surface area contributed by atoms with Crippen LogP contribution < -0.4 is 5.32 Å². The van der Waals surface area contributed by atoms with E-state index in [-0.39, 0.29) is 18.0 Å². The lowest BCUT2D eigenvalue weighted by Crippen LogP contribution is -2.57. The van der Waals surface area contributed by atoms with E-state index in [0.29, 0.717) is 31.5 Å². The molecule has 0 bridgehead atoms. The van der Waals surface area contributed by atoms with Crippen molar-refractivity contribution < 1.29 is 9.59 Å². The second-order valence-electron chi connectivity index (χ2n) is 8.46. The second kappa shape index (κ2) is 9.41. The zero-order valence-corrected chi connectivity index (χ0v) is 17.4. The molecule has 0 radical (unpaired) electrons. The van der Waals surface area contributed by atoms with Gasteiger partial charge in [-0.1, -0.05) is 44.2 Å². The Morgan fingerprint density at radius 1 is 0.964 bits per heavy atom. The average Bonchev–Trinajstić information content (AvgIpc) is 2.92. The maximum Gasteiger partial charge on any atom is 0.317 e. The monoisotopic (exact) mass is 386 g/mol. The zero-order chi connectivity index (χ0) is 20.1. The summed E-state index contributed by atoms with van der Waals surface area (Å²) in [5.41, 5.74) is 1.34. The summed E-state index contributed by atoms with van der Waals surface area (Å²) >= 11 is 0. The molecule has 2 aliphatic heterocycles. The SMILES string of the molecule is CC(=O)N1CCCN(C(=O)NC2C(C)CN(Cc3ccccc3)CC2C)CC1. The number of nitrogens with zero attached hydrogens (tertiary/aromatic N) is 3. The molecule has 2 unspecified atom stereocenters. The Kier molecular flexibility index (Phi) is 6.94. The molecular weight excluding hydrogens is 352 g/mol. The van der Waals surface area contributed by atoms with Gasteiger partial charge in [-0.2, -0.15) is 0 Å². The standard InChI is InChI=1S/C22H34N4O2/c1-17-14-24(16-20-8-5-4-6-9-20)15-18(2)21(17)23-22(28)26-11-7-10-25(12-13-26)19(3)27/h4-6,8-9,17-18,21H,7,10-16H2,1-3H3,(H,23,28). The molecule has 6 heteroatoms. The van der Waals surface area contributed by atoms with Crippen molar-refractivity contribution in [3.8, 4) is 0 Å². The minimum atomic E-state index is 0.0191. The Bertz CT molecular complexity index is 654. The number of carbonyl (C=O) groups excluding carboxylic acids is 2. The van der Waals surface area contributed by atoms with Gasteiger partial charge in [-0.3, -0.25) is 9.69 Å². The quantitative estimate of drug-likeness (QED) is 0.868. The van der Waals surface area contributed by atoms with Crippen molar-refractivity contribution >= 4 is 11.9 Å². The average molecular weight is 387 g/mol. The lowest BCUT2D eigenvalue weighted by atomic mass is 9.85. The van der Waals surface area contributed by atoms with Crippen LogP contribution in [0.4, 0.5) is 4.79 Å². The summed E-state index contributed by atoms with van der Waals surface area (Å²) in [6.07, 6.45) is 0.841. The van der Waals surface area contributed by atoms with Gasteiger partial charge in [0, 0.05) is 58.8 Å². The maximum atomic E-state index is 12.9. The minimum absolute atomic E-state index is 0.0191. The van der Waals surface area contributed by atoms with Gasteiger partial charge in [-0.15, -0.1) is 0 Å². The van der Waals surface area contributed by atoms with E-state index >= 15 is 0 Å². The number of hydrogen-bond acceptors (Lipinski definition) is 3. The maximum absolute atomic E-state index is 12.9. The number of nitrogens with one attached hydrogen (secondary N) is 1. The minimum Gasteiger partial charge on any atom is -0.341 e. The van der Waals surface area contributed by atoms with Crippen LogP contribution in [-0.4, -0.2) is 71.9 Å². The molecule has 3 amide bonds. The van der Waals surface area contributed by atoms with Gasteiger partial charge in [0.05, 0.1) is 0 Å². The smallest absolute Gasteiger partial charge is 0.317 e. The number of rotatable bonds is 3. The molecule has 0 aromatic heterocycles. The molecular formula is C22H34N4O2. The predicted molar refractivity (Wildman–Crippen MR) is 111 cm³/mol. The van der Waals surface area contributed by atoms with Crippen molar-refractivity contribution in [3.05, 3.63) is 35.9 Å². The van der Waals surface area contributed by atoms with Gasteiger partial charge in [-0.25, -0.2) is 4.79 Å². The van der Waals surface area contributed by atoms with Gasteiger partial charge in [-0.05, 0) is 23.8 Å². The highest BCUT2D eigenvalue weighted by Crippen LogP contribution is 2.24. The highest BCUT2D eigenvalue weighted by Gasteiger charge is 2.34. The fourth-order valence-electron chi connectivity index (χ4n) is 4.60. The van der Waals surface area contributed by atoms with E-state index in [1.165, 1.54) is 5.56 Å². The van der Waals surface area contributed by atoms with E-state index in [2.05, 4.69) is 54.4 Å². The topological polar surface area (TPSA) is 55.9 Å². The molecule has 0 aliphatic carbocycles. The molecule has 6 nitrogen and oxygen atoms in total. The van der Waals surface area contributed by atoms with E-state index in [1.54, 1.807) is 6.92 Å². The lowest BCUT2D eigenvalue weighted by Gasteiger charge is -2.42. The Balaban J connectivity index is 1.53. The molecule has 2 atom stereocenters. The Hall–Kier alpha value is -2.08. The summed E-state index contributed by atoms with van der Waals surface area (Å²) < 4.78 is 0. The zero-order valence-electron chi connectivity index (χ0n) is 17.4. The summed E-state index contributed by atoms with van der Waals surface area (Å²) in [7, 11) is 0. The highest BCUT2D eigenvalue weighted by molar-refractivity contribution is 5.75. The van der Waals surface area contributed by atoms with Crippen molar-refractivity contribution in [3.63, 3.8) is 0 Å². The highest BCUT2D eigenvalue weighted by atomic mass is 16.2.